The largest absolute Gasteiger partial charge is 0.381 e. The predicted octanol–water partition coefficient (Wildman–Crippen LogP) is 1.98. The zero-order valence-corrected chi connectivity index (χ0v) is 13.3. The van der Waals surface area contributed by atoms with Gasteiger partial charge in [0.1, 0.15) is 6.33 Å². The van der Waals surface area contributed by atoms with Gasteiger partial charge in [-0.1, -0.05) is 6.07 Å². The van der Waals surface area contributed by atoms with Gasteiger partial charge in [-0.05, 0) is 30.5 Å². The summed E-state index contributed by atoms with van der Waals surface area (Å²) in [6.45, 7) is 4.64. The third kappa shape index (κ3) is 3.26. The normalized spacial score (nSPS) is 21.8. The number of rotatable bonds is 3. The molecule has 2 aliphatic rings. The monoisotopic (exact) mass is 310 g/mol. The SMILES string of the molecule is c1ccc(CN2CCc3ncnc([C@@H]4CCOC4)c3CC2)nc1. The van der Waals surface area contributed by atoms with E-state index in [9.17, 15) is 0 Å². The first kappa shape index (κ1) is 14.7. The maximum absolute atomic E-state index is 5.55. The first-order valence-electron chi connectivity index (χ1n) is 8.43. The van der Waals surface area contributed by atoms with Crippen LogP contribution in [0, 0.1) is 0 Å². The molecule has 5 heteroatoms. The Morgan fingerprint density at radius 2 is 2.09 bits per heavy atom. The summed E-state index contributed by atoms with van der Waals surface area (Å²) >= 11 is 0. The molecule has 120 valence electrons. The van der Waals surface area contributed by atoms with E-state index in [0.29, 0.717) is 5.92 Å². The van der Waals surface area contributed by atoms with Crippen LogP contribution in [0.15, 0.2) is 30.7 Å². The van der Waals surface area contributed by atoms with Crippen LogP contribution in [0.2, 0.25) is 0 Å². The van der Waals surface area contributed by atoms with Gasteiger partial charge in [0.2, 0.25) is 0 Å². The van der Waals surface area contributed by atoms with Crippen LogP contribution in [-0.2, 0) is 24.1 Å². The molecule has 2 aromatic heterocycles. The molecule has 4 rings (SSSR count). The fourth-order valence-corrected chi connectivity index (χ4v) is 3.58. The molecule has 5 nitrogen and oxygen atoms in total. The Kier molecular flexibility index (Phi) is 4.30. The second-order valence-corrected chi connectivity index (χ2v) is 6.34. The van der Waals surface area contributed by atoms with E-state index in [1.165, 1.54) is 17.0 Å². The summed E-state index contributed by atoms with van der Waals surface area (Å²) < 4.78 is 5.55. The fourth-order valence-electron chi connectivity index (χ4n) is 3.58. The summed E-state index contributed by atoms with van der Waals surface area (Å²) in [5, 5.41) is 0. The van der Waals surface area contributed by atoms with Crippen molar-refractivity contribution in [2.24, 2.45) is 0 Å². The number of nitrogens with zero attached hydrogens (tertiary/aromatic N) is 4. The third-order valence-electron chi connectivity index (χ3n) is 4.84. The Hall–Kier alpha value is -1.85. The molecule has 1 saturated heterocycles. The van der Waals surface area contributed by atoms with Gasteiger partial charge in [-0.25, -0.2) is 9.97 Å². The van der Waals surface area contributed by atoms with Crippen molar-refractivity contribution in [3.05, 3.63) is 53.4 Å². The molecule has 0 aliphatic carbocycles. The minimum Gasteiger partial charge on any atom is -0.381 e. The number of aromatic nitrogens is 3. The second kappa shape index (κ2) is 6.72. The summed E-state index contributed by atoms with van der Waals surface area (Å²) in [4.78, 5) is 16.1. The number of ether oxygens (including phenoxy) is 1. The molecule has 0 N–H and O–H groups in total. The van der Waals surface area contributed by atoms with Gasteiger partial charge in [0, 0.05) is 50.5 Å². The fraction of sp³-hybridized carbons (Fsp3) is 0.500. The Balaban J connectivity index is 1.51. The highest BCUT2D eigenvalue weighted by Crippen LogP contribution is 2.29. The lowest BCUT2D eigenvalue weighted by Crippen LogP contribution is -2.26. The Labute approximate surface area is 136 Å². The van der Waals surface area contributed by atoms with E-state index in [1.54, 1.807) is 6.33 Å². The Morgan fingerprint density at radius 1 is 1.13 bits per heavy atom. The summed E-state index contributed by atoms with van der Waals surface area (Å²) in [6, 6.07) is 6.12. The van der Waals surface area contributed by atoms with Crippen LogP contribution in [0.1, 0.15) is 35.0 Å². The zero-order valence-electron chi connectivity index (χ0n) is 13.3. The van der Waals surface area contributed by atoms with E-state index in [4.69, 9.17) is 4.74 Å². The van der Waals surface area contributed by atoms with Gasteiger partial charge in [0.05, 0.1) is 18.0 Å². The predicted molar refractivity (Wildman–Crippen MR) is 87.1 cm³/mol. The molecule has 0 radical (unpaired) electrons. The highest BCUT2D eigenvalue weighted by atomic mass is 16.5. The second-order valence-electron chi connectivity index (χ2n) is 6.34. The van der Waals surface area contributed by atoms with Crippen molar-refractivity contribution in [1.82, 2.24) is 19.9 Å². The number of hydrogen-bond donors (Lipinski definition) is 0. The van der Waals surface area contributed by atoms with Crippen molar-refractivity contribution in [2.75, 3.05) is 26.3 Å². The molecule has 1 fully saturated rings. The Bertz CT molecular complexity index is 655. The summed E-state index contributed by atoms with van der Waals surface area (Å²) in [6.07, 6.45) is 6.70. The lowest BCUT2D eigenvalue weighted by molar-refractivity contribution is 0.193. The van der Waals surface area contributed by atoms with Crippen LogP contribution in [0.5, 0.6) is 0 Å². The average molecular weight is 310 g/mol. The van der Waals surface area contributed by atoms with E-state index >= 15 is 0 Å². The van der Waals surface area contributed by atoms with E-state index in [2.05, 4.69) is 32.0 Å². The quantitative estimate of drug-likeness (QED) is 0.867. The van der Waals surface area contributed by atoms with Crippen LogP contribution in [0.25, 0.3) is 0 Å². The number of hydrogen-bond acceptors (Lipinski definition) is 5. The lowest BCUT2D eigenvalue weighted by Gasteiger charge is -2.19. The van der Waals surface area contributed by atoms with Crippen molar-refractivity contribution in [2.45, 2.75) is 31.7 Å². The van der Waals surface area contributed by atoms with Gasteiger partial charge in [-0.2, -0.15) is 0 Å². The average Bonchev–Trinajstić information content (AvgIpc) is 3.05. The van der Waals surface area contributed by atoms with Crippen LogP contribution >= 0.6 is 0 Å². The number of fused-ring (bicyclic) bond motifs is 1. The molecule has 0 bridgehead atoms. The molecule has 4 heterocycles. The smallest absolute Gasteiger partial charge is 0.115 e. The minimum atomic E-state index is 0.453. The van der Waals surface area contributed by atoms with E-state index in [-0.39, 0.29) is 0 Å². The lowest BCUT2D eigenvalue weighted by atomic mass is 9.96. The maximum atomic E-state index is 5.55. The molecule has 23 heavy (non-hydrogen) atoms. The molecule has 0 saturated carbocycles. The van der Waals surface area contributed by atoms with Crippen molar-refractivity contribution >= 4 is 0 Å². The van der Waals surface area contributed by atoms with Gasteiger partial charge in [-0.15, -0.1) is 0 Å². The first-order chi connectivity index (χ1) is 11.4. The van der Waals surface area contributed by atoms with E-state index in [0.717, 1.165) is 57.8 Å². The van der Waals surface area contributed by atoms with Crippen LogP contribution < -0.4 is 0 Å². The topological polar surface area (TPSA) is 51.1 Å². The van der Waals surface area contributed by atoms with Gasteiger partial charge < -0.3 is 4.74 Å². The van der Waals surface area contributed by atoms with Gasteiger partial charge in [-0.3, -0.25) is 9.88 Å². The zero-order chi connectivity index (χ0) is 15.5. The molecule has 0 spiro atoms. The third-order valence-corrected chi connectivity index (χ3v) is 4.84. The van der Waals surface area contributed by atoms with Gasteiger partial charge in [0.15, 0.2) is 0 Å². The number of pyridine rings is 1. The van der Waals surface area contributed by atoms with Crippen molar-refractivity contribution in [1.29, 1.82) is 0 Å². The standard InChI is InChI=1S/C18H22N4O/c1-2-7-19-15(3-1)11-22-8-4-16-17(5-9-22)20-13-21-18(16)14-6-10-23-12-14/h1-3,7,13-14H,4-6,8-12H2/t14-/m1/s1. The summed E-state index contributed by atoms with van der Waals surface area (Å²) in [5.74, 6) is 0.453. The van der Waals surface area contributed by atoms with Crippen LogP contribution in [-0.4, -0.2) is 46.2 Å². The highest BCUT2D eigenvalue weighted by Gasteiger charge is 2.25. The molecule has 1 atom stereocenters. The Morgan fingerprint density at radius 3 is 2.91 bits per heavy atom. The molecule has 0 aromatic carbocycles. The molecule has 2 aliphatic heterocycles. The summed E-state index contributed by atoms with van der Waals surface area (Å²) in [5.41, 5.74) is 4.96. The van der Waals surface area contributed by atoms with E-state index < -0.39 is 0 Å². The molecular formula is C18H22N4O. The van der Waals surface area contributed by atoms with Crippen molar-refractivity contribution < 1.29 is 4.74 Å². The van der Waals surface area contributed by atoms with E-state index in [1.807, 2.05) is 12.3 Å². The maximum Gasteiger partial charge on any atom is 0.115 e. The first-order valence-corrected chi connectivity index (χ1v) is 8.43. The van der Waals surface area contributed by atoms with Crippen molar-refractivity contribution in [3.8, 4) is 0 Å². The van der Waals surface area contributed by atoms with Crippen molar-refractivity contribution in [3.63, 3.8) is 0 Å². The summed E-state index contributed by atoms with van der Waals surface area (Å²) in [7, 11) is 0. The highest BCUT2D eigenvalue weighted by molar-refractivity contribution is 5.30. The minimum absolute atomic E-state index is 0.453. The molecule has 2 aromatic rings. The van der Waals surface area contributed by atoms with Crippen LogP contribution in [0.3, 0.4) is 0 Å². The molecule has 0 unspecified atom stereocenters. The molecular weight excluding hydrogens is 288 g/mol. The van der Waals surface area contributed by atoms with Gasteiger partial charge >= 0.3 is 0 Å². The van der Waals surface area contributed by atoms with Crippen LogP contribution in [0.4, 0.5) is 0 Å². The molecule has 0 amide bonds. The van der Waals surface area contributed by atoms with Gasteiger partial charge in [0.25, 0.3) is 0 Å².